The molecule has 0 aliphatic rings. The molecule has 5 heteroatoms. The summed E-state index contributed by atoms with van der Waals surface area (Å²) >= 11 is 3.79. The molecule has 0 atom stereocenters. The molecule has 1 aromatic heterocycles. The van der Waals surface area contributed by atoms with Crippen LogP contribution in [0.4, 0.5) is 11.4 Å². The Morgan fingerprint density at radius 2 is 1.90 bits per heavy atom. The second kappa shape index (κ2) is 7.08. The van der Waals surface area contributed by atoms with Gasteiger partial charge >= 0.3 is 0 Å². The highest BCUT2D eigenvalue weighted by Gasteiger charge is 2.08. The summed E-state index contributed by atoms with van der Waals surface area (Å²) in [5, 5.41) is 4.80. The number of carbonyl (C=O) groups excluding carboxylic acids is 1. The maximum atomic E-state index is 12.0. The molecule has 106 valence electrons. The van der Waals surface area contributed by atoms with Gasteiger partial charge in [-0.2, -0.15) is 0 Å². The first-order valence-electron chi connectivity index (χ1n) is 6.54. The zero-order chi connectivity index (χ0) is 14.5. The van der Waals surface area contributed by atoms with Crippen LogP contribution in [0, 0.1) is 2.88 Å². The molecule has 0 saturated carbocycles. The molecule has 0 fully saturated rings. The number of benzene rings is 1. The van der Waals surface area contributed by atoms with Crippen LogP contribution >= 0.6 is 33.9 Å². The molecule has 0 aliphatic heterocycles. The number of nitrogens with zero attached hydrogens (tertiary/aromatic N) is 1. The average molecular weight is 400 g/mol. The third-order valence-electron chi connectivity index (χ3n) is 3.08. The summed E-state index contributed by atoms with van der Waals surface area (Å²) in [6.45, 7) is 6.24. The van der Waals surface area contributed by atoms with Crippen LogP contribution in [0.3, 0.4) is 0 Å². The fourth-order valence-electron chi connectivity index (χ4n) is 1.98. The summed E-state index contributed by atoms with van der Waals surface area (Å²) < 4.78 is 1.12. The van der Waals surface area contributed by atoms with E-state index in [1.54, 1.807) is 11.3 Å². The molecule has 2 rings (SSSR count). The SMILES string of the molecule is CCN(CC)c1ccc(NC(=O)c2csc(I)c2)cc1. The molecule has 0 unspecified atom stereocenters. The lowest BCUT2D eigenvalue weighted by Gasteiger charge is -2.21. The van der Waals surface area contributed by atoms with Crippen LogP contribution in [-0.2, 0) is 0 Å². The molecular formula is C15H17IN2OS. The van der Waals surface area contributed by atoms with Gasteiger partial charge in [-0.05, 0) is 66.8 Å². The highest BCUT2D eigenvalue weighted by molar-refractivity contribution is 14.1. The van der Waals surface area contributed by atoms with Gasteiger partial charge in [-0.25, -0.2) is 0 Å². The fraction of sp³-hybridized carbons (Fsp3) is 0.267. The highest BCUT2D eigenvalue weighted by atomic mass is 127. The Morgan fingerprint density at radius 1 is 1.25 bits per heavy atom. The number of hydrogen-bond acceptors (Lipinski definition) is 3. The molecule has 1 heterocycles. The van der Waals surface area contributed by atoms with E-state index in [4.69, 9.17) is 0 Å². The van der Waals surface area contributed by atoms with Crippen molar-refractivity contribution in [3.8, 4) is 0 Å². The number of hydrogen-bond donors (Lipinski definition) is 1. The molecule has 0 saturated heterocycles. The summed E-state index contributed by atoms with van der Waals surface area (Å²) in [5.41, 5.74) is 2.72. The molecule has 2 aromatic rings. The maximum absolute atomic E-state index is 12.0. The van der Waals surface area contributed by atoms with Gasteiger partial charge in [0, 0.05) is 29.8 Å². The quantitative estimate of drug-likeness (QED) is 0.753. The van der Waals surface area contributed by atoms with E-state index in [1.807, 2.05) is 35.7 Å². The Hall–Kier alpha value is -1.08. The predicted octanol–water partition coefficient (Wildman–Crippen LogP) is 4.45. The molecule has 1 amide bonds. The second-order valence-electron chi connectivity index (χ2n) is 4.31. The number of carbonyl (C=O) groups is 1. The Kier molecular flexibility index (Phi) is 5.42. The van der Waals surface area contributed by atoms with Crippen molar-refractivity contribution >= 4 is 51.2 Å². The maximum Gasteiger partial charge on any atom is 0.256 e. The minimum absolute atomic E-state index is 0.0558. The fourth-order valence-corrected chi connectivity index (χ4v) is 3.30. The number of nitrogens with one attached hydrogen (secondary N) is 1. The van der Waals surface area contributed by atoms with Crippen LogP contribution in [0.2, 0.25) is 0 Å². The Labute approximate surface area is 137 Å². The number of amides is 1. The lowest BCUT2D eigenvalue weighted by Crippen LogP contribution is -2.21. The van der Waals surface area contributed by atoms with Crippen LogP contribution < -0.4 is 10.2 Å². The molecular weight excluding hydrogens is 383 g/mol. The topological polar surface area (TPSA) is 32.3 Å². The van der Waals surface area contributed by atoms with E-state index in [2.05, 4.69) is 46.7 Å². The number of thiophene rings is 1. The van der Waals surface area contributed by atoms with Gasteiger partial charge < -0.3 is 10.2 Å². The summed E-state index contributed by atoms with van der Waals surface area (Å²) in [5.74, 6) is -0.0558. The van der Waals surface area contributed by atoms with Crippen molar-refractivity contribution in [3.05, 3.63) is 44.2 Å². The number of rotatable bonds is 5. The van der Waals surface area contributed by atoms with Crippen molar-refractivity contribution < 1.29 is 4.79 Å². The van der Waals surface area contributed by atoms with E-state index < -0.39 is 0 Å². The van der Waals surface area contributed by atoms with Gasteiger partial charge in [0.05, 0.1) is 8.45 Å². The largest absolute Gasteiger partial charge is 0.372 e. The Bertz CT molecular complexity index is 576. The van der Waals surface area contributed by atoms with Gasteiger partial charge in [-0.3, -0.25) is 4.79 Å². The average Bonchev–Trinajstić information content (AvgIpc) is 2.89. The van der Waals surface area contributed by atoms with Crippen molar-refractivity contribution in [2.24, 2.45) is 0 Å². The summed E-state index contributed by atoms with van der Waals surface area (Å²) in [7, 11) is 0. The monoisotopic (exact) mass is 400 g/mol. The van der Waals surface area contributed by atoms with E-state index >= 15 is 0 Å². The molecule has 0 spiro atoms. The van der Waals surface area contributed by atoms with Gasteiger partial charge in [0.25, 0.3) is 5.91 Å². The Balaban J connectivity index is 2.05. The van der Waals surface area contributed by atoms with E-state index in [9.17, 15) is 4.79 Å². The van der Waals surface area contributed by atoms with Crippen molar-refractivity contribution in [2.45, 2.75) is 13.8 Å². The lowest BCUT2D eigenvalue weighted by molar-refractivity contribution is 0.102. The standard InChI is InChI=1S/C15H17IN2OS/c1-3-18(4-2)13-7-5-12(6-8-13)17-15(19)11-9-14(16)20-10-11/h5-10H,3-4H2,1-2H3,(H,17,19). The van der Waals surface area contributed by atoms with Crippen molar-refractivity contribution in [3.63, 3.8) is 0 Å². The van der Waals surface area contributed by atoms with Crippen LogP contribution in [-0.4, -0.2) is 19.0 Å². The van der Waals surface area contributed by atoms with E-state index in [-0.39, 0.29) is 5.91 Å². The van der Waals surface area contributed by atoms with E-state index in [1.165, 1.54) is 5.69 Å². The summed E-state index contributed by atoms with van der Waals surface area (Å²) in [6, 6.07) is 9.87. The van der Waals surface area contributed by atoms with Gasteiger partial charge in [0.15, 0.2) is 0 Å². The molecule has 1 aromatic carbocycles. The van der Waals surface area contributed by atoms with Gasteiger partial charge in [0.1, 0.15) is 0 Å². The predicted molar refractivity (Wildman–Crippen MR) is 95.0 cm³/mol. The zero-order valence-corrected chi connectivity index (χ0v) is 14.5. The van der Waals surface area contributed by atoms with Gasteiger partial charge in [0.2, 0.25) is 0 Å². The lowest BCUT2D eigenvalue weighted by atomic mass is 10.2. The number of halogens is 1. The first-order valence-corrected chi connectivity index (χ1v) is 8.50. The van der Waals surface area contributed by atoms with Crippen molar-refractivity contribution in [1.29, 1.82) is 0 Å². The molecule has 1 N–H and O–H groups in total. The summed E-state index contributed by atoms with van der Waals surface area (Å²) in [4.78, 5) is 14.3. The first kappa shape index (κ1) is 15.3. The number of anilines is 2. The highest BCUT2D eigenvalue weighted by Crippen LogP contribution is 2.20. The van der Waals surface area contributed by atoms with Crippen LogP contribution in [0.1, 0.15) is 24.2 Å². The van der Waals surface area contributed by atoms with Crippen molar-refractivity contribution in [1.82, 2.24) is 0 Å². The molecule has 0 radical (unpaired) electrons. The molecule has 3 nitrogen and oxygen atoms in total. The van der Waals surface area contributed by atoms with Gasteiger partial charge in [-0.15, -0.1) is 11.3 Å². The normalized spacial score (nSPS) is 10.3. The van der Waals surface area contributed by atoms with Crippen molar-refractivity contribution in [2.75, 3.05) is 23.3 Å². The molecule has 0 aliphatic carbocycles. The van der Waals surface area contributed by atoms with Crippen LogP contribution in [0.15, 0.2) is 35.7 Å². The van der Waals surface area contributed by atoms with Gasteiger partial charge in [-0.1, -0.05) is 0 Å². The van der Waals surface area contributed by atoms with Crippen LogP contribution in [0.25, 0.3) is 0 Å². The zero-order valence-electron chi connectivity index (χ0n) is 11.5. The first-order chi connectivity index (χ1) is 9.63. The summed E-state index contributed by atoms with van der Waals surface area (Å²) in [6.07, 6.45) is 0. The third-order valence-corrected chi connectivity index (χ3v) is 4.87. The van der Waals surface area contributed by atoms with E-state index in [0.29, 0.717) is 5.56 Å². The Morgan fingerprint density at radius 3 is 2.40 bits per heavy atom. The molecule has 20 heavy (non-hydrogen) atoms. The molecule has 0 bridgehead atoms. The van der Waals surface area contributed by atoms with Crippen LogP contribution in [0.5, 0.6) is 0 Å². The van der Waals surface area contributed by atoms with E-state index in [0.717, 1.165) is 21.7 Å². The minimum Gasteiger partial charge on any atom is -0.372 e. The smallest absolute Gasteiger partial charge is 0.256 e. The minimum atomic E-state index is -0.0558. The second-order valence-corrected chi connectivity index (χ2v) is 7.12. The third kappa shape index (κ3) is 3.73.